The lowest BCUT2D eigenvalue weighted by Crippen LogP contribution is -2.39. The molecule has 1 saturated heterocycles. The molecule has 0 saturated carbocycles. The zero-order chi connectivity index (χ0) is 20.8. The van der Waals surface area contributed by atoms with Gasteiger partial charge in [-0.3, -0.25) is 10.2 Å². The van der Waals surface area contributed by atoms with E-state index >= 15 is 0 Å². The molecule has 0 aliphatic carbocycles. The highest BCUT2D eigenvalue weighted by Gasteiger charge is 2.28. The number of methoxy groups -OCH3 is 1. The van der Waals surface area contributed by atoms with Crippen molar-refractivity contribution < 1.29 is 9.53 Å². The molecule has 0 radical (unpaired) electrons. The van der Waals surface area contributed by atoms with E-state index in [2.05, 4.69) is 12.6 Å². The molecule has 150 valence electrons. The summed E-state index contributed by atoms with van der Waals surface area (Å²) >= 11 is 5.56. The minimum Gasteiger partial charge on any atom is -0.496 e. The normalized spacial score (nSPS) is 16.3. The monoisotopic (exact) mass is 425 g/mol. The Hall–Kier alpha value is -2.64. The maximum Gasteiger partial charge on any atom is 0.262 e. The SMILES string of the molecule is COc1ccccc1/C(=C/S)N(C)/C=C1/SC(=N)CN(Cc2ccccc2)C1=O. The fourth-order valence-electron chi connectivity index (χ4n) is 3.08. The molecule has 2 aromatic rings. The summed E-state index contributed by atoms with van der Waals surface area (Å²) in [5.74, 6) is 0.638. The molecule has 0 spiro atoms. The number of hydrogen-bond acceptors (Lipinski definition) is 6. The molecule has 1 fully saturated rings. The summed E-state index contributed by atoms with van der Waals surface area (Å²) in [6, 6.07) is 17.5. The lowest BCUT2D eigenvalue weighted by Gasteiger charge is -2.30. The molecule has 2 aromatic carbocycles. The van der Waals surface area contributed by atoms with Crippen molar-refractivity contribution in [3.05, 3.63) is 82.2 Å². The Bertz CT molecular complexity index is 958. The van der Waals surface area contributed by atoms with Gasteiger partial charge in [-0.1, -0.05) is 54.2 Å². The van der Waals surface area contributed by atoms with Crippen molar-refractivity contribution in [3.8, 4) is 5.75 Å². The van der Waals surface area contributed by atoms with E-state index in [-0.39, 0.29) is 5.91 Å². The summed E-state index contributed by atoms with van der Waals surface area (Å²) in [5, 5.41) is 10.3. The van der Waals surface area contributed by atoms with Gasteiger partial charge < -0.3 is 14.5 Å². The van der Waals surface area contributed by atoms with Gasteiger partial charge in [0.1, 0.15) is 5.75 Å². The Labute approximate surface area is 181 Å². The second-order valence-electron chi connectivity index (χ2n) is 6.49. The van der Waals surface area contributed by atoms with Crippen LogP contribution in [-0.2, 0) is 11.3 Å². The molecule has 5 nitrogen and oxygen atoms in total. The van der Waals surface area contributed by atoms with Gasteiger partial charge in [0, 0.05) is 25.4 Å². The van der Waals surface area contributed by atoms with E-state index in [1.807, 2.05) is 66.5 Å². The molecule has 1 aliphatic heterocycles. The summed E-state index contributed by atoms with van der Waals surface area (Å²) in [5.41, 5.74) is 2.70. The van der Waals surface area contributed by atoms with E-state index in [1.165, 1.54) is 11.8 Å². The highest BCUT2D eigenvalue weighted by Crippen LogP contribution is 2.32. The lowest BCUT2D eigenvalue weighted by atomic mass is 10.1. The molecule has 0 bridgehead atoms. The van der Waals surface area contributed by atoms with Crippen molar-refractivity contribution in [2.45, 2.75) is 6.54 Å². The minimum atomic E-state index is -0.0831. The van der Waals surface area contributed by atoms with E-state index in [0.29, 0.717) is 23.0 Å². The Balaban J connectivity index is 1.85. The number of benzene rings is 2. The van der Waals surface area contributed by atoms with Crippen LogP contribution in [-0.4, -0.2) is 41.5 Å². The number of nitrogens with zero attached hydrogens (tertiary/aromatic N) is 2. The number of nitrogens with one attached hydrogen (secondary N) is 1. The Kier molecular flexibility index (Phi) is 7.06. The van der Waals surface area contributed by atoms with Gasteiger partial charge in [0.15, 0.2) is 0 Å². The Morgan fingerprint density at radius 2 is 1.93 bits per heavy atom. The van der Waals surface area contributed by atoms with Crippen LogP contribution in [0.5, 0.6) is 5.75 Å². The van der Waals surface area contributed by atoms with Gasteiger partial charge in [0.25, 0.3) is 5.91 Å². The predicted molar refractivity (Wildman–Crippen MR) is 123 cm³/mol. The summed E-state index contributed by atoms with van der Waals surface area (Å²) in [7, 11) is 3.48. The van der Waals surface area contributed by atoms with E-state index in [9.17, 15) is 4.79 Å². The van der Waals surface area contributed by atoms with Gasteiger partial charge in [0.05, 0.1) is 29.3 Å². The van der Waals surface area contributed by atoms with Gasteiger partial charge >= 0.3 is 0 Å². The summed E-state index contributed by atoms with van der Waals surface area (Å²) in [4.78, 5) is 17.1. The van der Waals surface area contributed by atoms with Crippen molar-refractivity contribution in [2.75, 3.05) is 20.7 Å². The first-order valence-electron chi connectivity index (χ1n) is 9.04. The minimum absolute atomic E-state index is 0.0831. The van der Waals surface area contributed by atoms with E-state index in [1.54, 1.807) is 23.6 Å². The molecule has 1 aliphatic rings. The van der Waals surface area contributed by atoms with E-state index < -0.39 is 0 Å². The second kappa shape index (κ2) is 9.71. The number of carbonyl (C=O) groups is 1. The zero-order valence-electron chi connectivity index (χ0n) is 16.3. The maximum absolute atomic E-state index is 13.0. The van der Waals surface area contributed by atoms with Gasteiger partial charge in [-0.15, -0.1) is 12.6 Å². The fourth-order valence-corrected chi connectivity index (χ4v) is 4.31. The number of thioether (sulfide) groups is 1. The highest BCUT2D eigenvalue weighted by atomic mass is 32.2. The third-order valence-electron chi connectivity index (χ3n) is 4.48. The van der Waals surface area contributed by atoms with Crippen molar-refractivity contribution in [1.29, 1.82) is 5.41 Å². The zero-order valence-corrected chi connectivity index (χ0v) is 18.0. The largest absolute Gasteiger partial charge is 0.496 e. The predicted octanol–water partition coefficient (Wildman–Crippen LogP) is 4.45. The number of para-hydroxylation sites is 1. The smallest absolute Gasteiger partial charge is 0.262 e. The molecule has 3 rings (SSSR count). The number of rotatable bonds is 6. The first-order valence-corrected chi connectivity index (χ1v) is 10.4. The Morgan fingerprint density at radius 1 is 1.24 bits per heavy atom. The van der Waals surface area contributed by atoms with Crippen LogP contribution in [0.3, 0.4) is 0 Å². The summed E-state index contributed by atoms with van der Waals surface area (Å²) in [6.07, 6.45) is 1.76. The molecule has 7 heteroatoms. The molecule has 1 heterocycles. The third-order valence-corrected chi connectivity index (χ3v) is 5.60. The third kappa shape index (κ3) is 5.05. The van der Waals surface area contributed by atoms with Crippen LogP contribution in [0.25, 0.3) is 5.70 Å². The van der Waals surface area contributed by atoms with Crippen LogP contribution in [0.1, 0.15) is 11.1 Å². The molecule has 0 unspecified atom stereocenters. The molecule has 29 heavy (non-hydrogen) atoms. The van der Waals surface area contributed by atoms with Gasteiger partial charge in [-0.25, -0.2) is 0 Å². The summed E-state index contributed by atoms with van der Waals surface area (Å²) in [6.45, 7) is 0.798. The van der Waals surface area contributed by atoms with Crippen LogP contribution >= 0.6 is 24.4 Å². The van der Waals surface area contributed by atoms with Gasteiger partial charge in [-0.2, -0.15) is 0 Å². The van der Waals surface area contributed by atoms with Crippen LogP contribution in [0.15, 0.2) is 71.1 Å². The number of amides is 1. The van der Waals surface area contributed by atoms with E-state index in [4.69, 9.17) is 10.1 Å². The molecule has 1 N–H and O–H groups in total. The van der Waals surface area contributed by atoms with Crippen molar-refractivity contribution in [1.82, 2.24) is 9.80 Å². The molecule has 0 atom stereocenters. The average molecular weight is 426 g/mol. The van der Waals surface area contributed by atoms with Crippen LogP contribution < -0.4 is 4.74 Å². The van der Waals surface area contributed by atoms with Crippen LogP contribution in [0, 0.1) is 5.41 Å². The number of hydrogen-bond donors (Lipinski definition) is 2. The topological polar surface area (TPSA) is 56.6 Å². The average Bonchev–Trinajstić information content (AvgIpc) is 2.73. The number of carbonyl (C=O) groups excluding carboxylic acids is 1. The quantitative estimate of drug-likeness (QED) is 0.530. The lowest BCUT2D eigenvalue weighted by molar-refractivity contribution is -0.126. The number of ether oxygens (including phenoxy) is 1. The van der Waals surface area contributed by atoms with Gasteiger partial charge in [0.2, 0.25) is 0 Å². The van der Waals surface area contributed by atoms with Crippen LogP contribution in [0.4, 0.5) is 0 Å². The maximum atomic E-state index is 13.0. The number of thiol groups is 1. The van der Waals surface area contributed by atoms with Crippen LogP contribution in [0.2, 0.25) is 0 Å². The highest BCUT2D eigenvalue weighted by molar-refractivity contribution is 8.18. The van der Waals surface area contributed by atoms with Crippen molar-refractivity contribution in [3.63, 3.8) is 0 Å². The first-order chi connectivity index (χ1) is 14.0. The second-order valence-corrected chi connectivity index (χ2v) is 7.89. The molecular formula is C22H23N3O2S2. The molecule has 1 amide bonds. The first kappa shape index (κ1) is 21.1. The summed E-state index contributed by atoms with van der Waals surface area (Å²) < 4.78 is 5.45. The molecule has 0 aromatic heterocycles. The van der Waals surface area contributed by atoms with Crippen molar-refractivity contribution >= 4 is 41.0 Å². The standard InChI is InChI=1S/C22H23N3O2S2/c1-24(18(15-28)17-10-6-7-11-19(17)27-2)13-20-22(26)25(14-21(23)29-20)12-16-8-4-3-5-9-16/h3-11,13,15,23,28H,12,14H2,1-2H3/b18-15-,20-13+,23-21?. The van der Waals surface area contributed by atoms with Gasteiger partial charge in [-0.05, 0) is 23.1 Å². The Morgan fingerprint density at radius 3 is 2.62 bits per heavy atom. The molecular weight excluding hydrogens is 402 g/mol. The fraction of sp³-hybridized carbons (Fsp3) is 0.182. The van der Waals surface area contributed by atoms with Crippen molar-refractivity contribution in [2.24, 2.45) is 0 Å². The van der Waals surface area contributed by atoms with E-state index in [0.717, 1.165) is 22.6 Å².